The molecular formula is C24H30F2N2O3. The van der Waals surface area contributed by atoms with Gasteiger partial charge in [-0.05, 0) is 61.4 Å². The van der Waals surface area contributed by atoms with Gasteiger partial charge in [-0.15, -0.1) is 6.58 Å². The molecule has 5 nitrogen and oxygen atoms in total. The summed E-state index contributed by atoms with van der Waals surface area (Å²) in [5.74, 6) is -1.50. The van der Waals surface area contributed by atoms with Crippen molar-refractivity contribution in [1.29, 1.82) is 0 Å². The Kier molecular flexibility index (Phi) is 9.62. The van der Waals surface area contributed by atoms with Crippen LogP contribution in [0, 0.1) is 18.6 Å². The van der Waals surface area contributed by atoms with E-state index in [0.29, 0.717) is 6.54 Å². The van der Waals surface area contributed by atoms with Gasteiger partial charge in [0.25, 0.3) is 0 Å². The lowest BCUT2D eigenvalue weighted by Crippen LogP contribution is -2.48. The summed E-state index contributed by atoms with van der Waals surface area (Å²) in [4.78, 5) is 11.1. The minimum atomic E-state index is -1.32. The third kappa shape index (κ3) is 8.47. The third-order valence-corrected chi connectivity index (χ3v) is 5.04. The Morgan fingerprint density at radius 2 is 1.87 bits per heavy atom. The molecule has 2 aromatic carbocycles. The number of hydrogen-bond donors (Lipinski definition) is 4. The van der Waals surface area contributed by atoms with Crippen LogP contribution in [0.5, 0.6) is 0 Å². The summed E-state index contributed by atoms with van der Waals surface area (Å²) < 4.78 is 26.9. The Hall–Kier alpha value is -2.77. The Bertz CT molecular complexity index is 869. The fourth-order valence-electron chi connectivity index (χ4n) is 3.52. The second kappa shape index (κ2) is 12.2. The number of amides is 1. The van der Waals surface area contributed by atoms with E-state index in [0.717, 1.165) is 48.6 Å². The number of aliphatic hydroxyl groups is 1. The molecule has 0 bridgehead atoms. The SMILES string of the molecule is C=CCCCc1ccc(C)cc1CNC[C@@H](O)[C@H](Cc1cc(F)cc(F)c1)NC(=O)O. The highest BCUT2D eigenvalue weighted by atomic mass is 19.1. The van der Waals surface area contributed by atoms with Gasteiger partial charge in [0.2, 0.25) is 0 Å². The molecule has 2 rings (SSSR count). The first kappa shape index (κ1) is 24.5. The number of nitrogens with one attached hydrogen (secondary N) is 2. The zero-order valence-corrected chi connectivity index (χ0v) is 17.7. The van der Waals surface area contributed by atoms with Crippen molar-refractivity contribution in [3.63, 3.8) is 0 Å². The summed E-state index contributed by atoms with van der Waals surface area (Å²) in [5.41, 5.74) is 3.72. The van der Waals surface area contributed by atoms with Crippen LogP contribution < -0.4 is 10.6 Å². The fraction of sp³-hybridized carbons (Fsp3) is 0.375. The van der Waals surface area contributed by atoms with Gasteiger partial charge in [0.05, 0.1) is 12.1 Å². The molecule has 0 fully saturated rings. The maximum atomic E-state index is 13.5. The van der Waals surface area contributed by atoms with Gasteiger partial charge in [-0.2, -0.15) is 0 Å². The number of carboxylic acid groups (broad SMARTS) is 1. The lowest BCUT2D eigenvalue weighted by atomic mass is 9.99. The van der Waals surface area contributed by atoms with Crippen molar-refractivity contribution in [3.05, 3.63) is 82.9 Å². The minimum absolute atomic E-state index is 0.0406. The number of hydrogen-bond acceptors (Lipinski definition) is 3. The van der Waals surface area contributed by atoms with Gasteiger partial charge in [0, 0.05) is 19.2 Å². The summed E-state index contributed by atoms with van der Waals surface area (Å²) in [6, 6.07) is 8.33. The van der Waals surface area contributed by atoms with Gasteiger partial charge < -0.3 is 20.8 Å². The molecule has 0 aromatic heterocycles. The smallest absolute Gasteiger partial charge is 0.404 e. The molecule has 4 N–H and O–H groups in total. The Morgan fingerprint density at radius 3 is 2.52 bits per heavy atom. The molecule has 7 heteroatoms. The molecule has 2 atom stereocenters. The summed E-state index contributed by atoms with van der Waals surface area (Å²) in [7, 11) is 0. The van der Waals surface area contributed by atoms with E-state index in [1.54, 1.807) is 0 Å². The lowest BCUT2D eigenvalue weighted by Gasteiger charge is -2.24. The molecule has 168 valence electrons. The number of allylic oxidation sites excluding steroid dienone is 1. The van der Waals surface area contributed by atoms with Gasteiger partial charge >= 0.3 is 6.09 Å². The highest BCUT2D eigenvalue weighted by molar-refractivity contribution is 5.65. The van der Waals surface area contributed by atoms with E-state index in [2.05, 4.69) is 35.4 Å². The van der Waals surface area contributed by atoms with Crippen LogP contribution in [0.3, 0.4) is 0 Å². The molecule has 0 unspecified atom stereocenters. The maximum Gasteiger partial charge on any atom is 0.404 e. The summed E-state index contributed by atoms with van der Waals surface area (Å²) >= 11 is 0. The molecule has 31 heavy (non-hydrogen) atoms. The van der Waals surface area contributed by atoms with Crippen LogP contribution >= 0.6 is 0 Å². The Morgan fingerprint density at radius 1 is 1.16 bits per heavy atom. The molecular weight excluding hydrogens is 402 g/mol. The predicted octanol–water partition coefficient (Wildman–Crippen LogP) is 4.11. The average molecular weight is 433 g/mol. The van der Waals surface area contributed by atoms with Crippen LogP contribution in [0.25, 0.3) is 0 Å². The van der Waals surface area contributed by atoms with Crippen LogP contribution in [0.1, 0.15) is 35.1 Å². The second-order valence-electron chi connectivity index (χ2n) is 7.69. The van der Waals surface area contributed by atoms with Crippen LogP contribution in [-0.2, 0) is 19.4 Å². The van der Waals surface area contributed by atoms with Crippen LogP contribution in [0.2, 0.25) is 0 Å². The molecule has 2 aromatic rings. The van der Waals surface area contributed by atoms with Gasteiger partial charge in [-0.1, -0.05) is 29.8 Å². The van der Waals surface area contributed by atoms with Gasteiger partial charge in [-0.25, -0.2) is 13.6 Å². The van der Waals surface area contributed by atoms with Crippen LogP contribution in [0.4, 0.5) is 13.6 Å². The van der Waals surface area contributed by atoms with Crippen molar-refractivity contribution in [2.75, 3.05) is 6.54 Å². The quantitative estimate of drug-likeness (QED) is 0.301. The van der Waals surface area contributed by atoms with E-state index < -0.39 is 29.9 Å². The van der Waals surface area contributed by atoms with E-state index in [-0.39, 0.29) is 18.5 Å². The predicted molar refractivity (Wildman–Crippen MR) is 117 cm³/mol. The summed E-state index contributed by atoms with van der Waals surface area (Å²) in [6.45, 7) is 6.38. The molecule has 0 saturated carbocycles. The zero-order valence-electron chi connectivity index (χ0n) is 17.7. The van der Waals surface area contributed by atoms with Crippen molar-refractivity contribution in [1.82, 2.24) is 10.6 Å². The van der Waals surface area contributed by atoms with E-state index in [1.807, 2.05) is 13.0 Å². The maximum absolute atomic E-state index is 13.5. The molecule has 0 heterocycles. The normalized spacial score (nSPS) is 12.9. The van der Waals surface area contributed by atoms with Crippen molar-refractivity contribution in [2.45, 2.75) is 51.3 Å². The number of halogens is 2. The van der Waals surface area contributed by atoms with Gasteiger partial charge in [-0.3, -0.25) is 0 Å². The molecule has 1 amide bonds. The first-order valence-electron chi connectivity index (χ1n) is 10.3. The summed E-state index contributed by atoms with van der Waals surface area (Å²) in [5, 5.41) is 25.1. The van der Waals surface area contributed by atoms with Gasteiger partial charge in [0.15, 0.2) is 0 Å². The minimum Gasteiger partial charge on any atom is -0.465 e. The van der Waals surface area contributed by atoms with Crippen molar-refractivity contribution < 1.29 is 23.8 Å². The van der Waals surface area contributed by atoms with Gasteiger partial charge in [0.1, 0.15) is 11.6 Å². The third-order valence-electron chi connectivity index (χ3n) is 5.04. The Balaban J connectivity index is 2.00. The van der Waals surface area contributed by atoms with Crippen LogP contribution in [-0.4, -0.2) is 35.0 Å². The standard InChI is InChI=1S/C24H30F2N2O3/c1-3-4-5-6-18-8-7-16(2)9-19(18)14-27-15-23(29)22(28-24(30)31)12-17-10-20(25)13-21(26)11-17/h3,7-11,13,22-23,27-29H,1,4-6,12,14-15H2,2H3,(H,30,31)/t22-,23+/m0/s1. The van der Waals surface area contributed by atoms with Crippen molar-refractivity contribution in [2.24, 2.45) is 0 Å². The van der Waals surface area contributed by atoms with E-state index in [1.165, 1.54) is 5.56 Å². The van der Waals surface area contributed by atoms with E-state index in [4.69, 9.17) is 5.11 Å². The lowest BCUT2D eigenvalue weighted by molar-refractivity contribution is 0.117. The van der Waals surface area contributed by atoms with E-state index >= 15 is 0 Å². The number of rotatable bonds is 12. The number of aliphatic hydroxyl groups excluding tert-OH is 1. The van der Waals surface area contributed by atoms with Crippen molar-refractivity contribution in [3.8, 4) is 0 Å². The number of aryl methyl sites for hydroxylation is 2. The highest BCUT2D eigenvalue weighted by Crippen LogP contribution is 2.16. The first-order valence-corrected chi connectivity index (χ1v) is 10.3. The van der Waals surface area contributed by atoms with Crippen molar-refractivity contribution >= 4 is 6.09 Å². The molecule has 0 saturated heterocycles. The molecule has 0 spiro atoms. The average Bonchev–Trinajstić information content (AvgIpc) is 2.68. The monoisotopic (exact) mass is 432 g/mol. The number of carbonyl (C=O) groups is 1. The summed E-state index contributed by atoms with van der Waals surface area (Å²) in [6.07, 6.45) is 2.30. The topological polar surface area (TPSA) is 81.6 Å². The molecule has 0 aliphatic rings. The first-order chi connectivity index (χ1) is 14.8. The molecule has 0 aliphatic carbocycles. The molecule has 0 radical (unpaired) electrons. The number of benzene rings is 2. The second-order valence-corrected chi connectivity index (χ2v) is 7.69. The fourth-order valence-corrected chi connectivity index (χ4v) is 3.52. The largest absolute Gasteiger partial charge is 0.465 e. The van der Waals surface area contributed by atoms with Crippen LogP contribution in [0.15, 0.2) is 49.1 Å². The molecule has 0 aliphatic heterocycles. The zero-order chi connectivity index (χ0) is 22.8. The highest BCUT2D eigenvalue weighted by Gasteiger charge is 2.22. The number of unbranched alkanes of at least 4 members (excludes halogenated alkanes) is 1. The van der Waals surface area contributed by atoms with E-state index in [9.17, 15) is 18.7 Å². The Labute approximate surface area is 181 Å².